The summed E-state index contributed by atoms with van der Waals surface area (Å²) in [6, 6.07) is 10.0. The molecular weight excluding hydrogens is 397 g/mol. The Bertz CT molecular complexity index is 940. The van der Waals surface area contributed by atoms with Crippen LogP contribution >= 0.6 is 0 Å². The maximum absolute atomic E-state index is 13.9. The van der Waals surface area contributed by atoms with E-state index in [1.54, 1.807) is 43.3 Å². The highest BCUT2D eigenvalue weighted by atomic mass is 19.4. The summed E-state index contributed by atoms with van der Waals surface area (Å²) < 4.78 is 41.7. The fourth-order valence-corrected chi connectivity index (χ4v) is 3.60. The number of carbonyl (C=O) groups is 2. The van der Waals surface area contributed by atoms with Crippen LogP contribution in [0, 0.1) is 12.8 Å². The van der Waals surface area contributed by atoms with Crippen molar-refractivity contribution in [2.24, 2.45) is 5.92 Å². The number of halogens is 3. The van der Waals surface area contributed by atoms with Crippen LogP contribution in [0.15, 0.2) is 48.5 Å². The molecule has 0 unspecified atom stereocenters. The molecule has 8 heteroatoms. The van der Waals surface area contributed by atoms with Gasteiger partial charge in [0.1, 0.15) is 5.92 Å². The van der Waals surface area contributed by atoms with E-state index < -0.39 is 35.7 Å². The van der Waals surface area contributed by atoms with Crippen LogP contribution in [0.2, 0.25) is 0 Å². The van der Waals surface area contributed by atoms with Crippen LogP contribution in [0.1, 0.15) is 52.9 Å². The van der Waals surface area contributed by atoms with Crippen LogP contribution in [0.3, 0.4) is 0 Å². The summed E-state index contributed by atoms with van der Waals surface area (Å²) >= 11 is 0. The van der Waals surface area contributed by atoms with Gasteiger partial charge in [-0.15, -0.1) is 0 Å². The molecule has 0 radical (unpaired) electrons. The molecule has 0 bridgehead atoms. The number of alkyl halides is 3. The quantitative estimate of drug-likeness (QED) is 0.648. The molecule has 0 aromatic heterocycles. The topological polar surface area (TPSA) is 78.4 Å². The molecule has 2 aromatic rings. The highest BCUT2D eigenvalue weighted by molar-refractivity contribution is 6.00. The lowest BCUT2D eigenvalue weighted by Crippen LogP contribution is -2.72. The molecule has 2 amide bonds. The van der Waals surface area contributed by atoms with Gasteiger partial charge in [-0.3, -0.25) is 4.79 Å². The average Bonchev–Trinajstić information content (AvgIpc) is 2.66. The van der Waals surface area contributed by atoms with E-state index in [-0.39, 0.29) is 11.5 Å². The second kappa shape index (κ2) is 7.75. The molecular formula is C22H23F3N2O3. The number of carbonyl (C=O) groups excluding carboxylic acids is 2. The summed E-state index contributed by atoms with van der Waals surface area (Å²) in [4.78, 5) is 25.2. The second-order valence-corrected chi connectivity index (χ2v) is 7.87. The van der Waals surface area contributed by atoms with Gasteiger partial charge in [-0.2, -0.15) is 13.2 Å². The second-order valence-electron chi connectivity index (χ2n) is 7.87. The monoisotopic (exact) mass is 420 g/mol. The Morgan fingerprint density at radius 2 is 1.63 bits per heavy atom. The van der Waals surface area contributed by atoms with E-state index in [0.717, 1.165) is 11.1 Å². The number of Topliss-reactive ketones (excluding diaryl/α,β-unsaturated/α-hetero) is 1. The zero-order valence-corrected chi connectivity index (χ0v) is 16.7. The lowest BCUT2D eigenvalue weighted by atomic mass is 9.77. The van der Waals surface area contributed by atoms with Crippen molar-refractivity contribution in [3.8, 4) is 0 Å². The third-order valence-electron chi connectivity index (χ3n) is 5.39. The minimum absolute atomic E-state index is 0.00928. The Balaban J connectivity index is 2.13. The molecule has 1 heterocycles. The number of benzene rings is 2. The van der Waals surface area contributed by atoms with Gasteiger partial charge in [0.15, 0.2) is 5.78 Å². The Morgan fingerprint density at radius 1 is 1.07 bits per heavy atom. The first-order valence-corrected chi connectivity index (χ1v) is 9.52. The summed E-state index contributed by atoms with van der Waals surface area (Å²) in [7, 11) is 0. The molecule has 0 saturated carbocycles. The fourth-order valence-electron chi connectivity index (χ4n) is 3.60. The number of urea groups is 1. The van der Waals surface area contributed by atoms with Gasteiger partial charge < -0.3 is 15.7 Å². The van der Waals surface area contributed by atoms with Crippen molar-refractivity contribution in [3.05, 3.63) is 70.8 Å². The number of aryl methyl sites for hydroxylation is 1. The number of hydrogen-bond donors (Lipinski definition) is 3. The lowest BCUT2D eigenvalue weighted by molar-refractivity contribution is -0.287. The summed E-state index contributed by atoms with van der Waals surface area (Å²) in [6.07, 6.45) is -5.27. The standard InChI is InChI=1S/C22H23F3N2O3/c1-12(2)14-8-10-15(11-9-14)18-17(19(28)16-6-4-13(3)5-7-16)21(30,22(23,24)25)27-20(29)26-18/h4-12,17-18,30H,1-3H3,(H2,26,27,29)/t17-,18-,21+/m0/s1. The first-order chi connectivity index (χ1) is 13.9. The van der Waals surface area contributed by atoms with Crippen molar-refractivity contribution in [2.45, 2.75) is 44.6 Å². The Labute approximate surface area is 172 Å². The van der Waals surface area contributed by atoms with Crippen molar-refractivity contribution in [1.29, 1.82) is 0 Å². The van der Waals surface area contributed by atoms with E-state index >= 15 is 0 Å². The minimum atomic E-state index is -5.27. The molecule has 1 aliphatic rings. The zero-order valence-electron chi connectivity index (χ0n) is 16.7. The van der Waals surface area contributed by atoms with Crippen LogP contribution in [0.4, 0.5) is 18.0 Å². The fraction of sp³-hybridized carbons (Fsp3) is 0.364. The largest absolute Gasteiger partial charge is 0.437 e. The molecule has 3 N–H and O–H groups in total. The summed E-state index contributed by atoms with van der Waals surface area (Å²) in [5.41, 5.74) is -1.64. The van der Waals surface area contributed by atoms with E-state index in [9.17, 15) is 27.9 Å². The minimum Gasteiger partial charge on any atom is -0.363 e. The number of ketones is 1. The van der Waals surface area contributed by atoms with Crippen molar-refractivity contribution in [3.63, 3.8) is 0 Å². The first-order valence-electron chi connectivity index (χ1n) is 9.52. The predicted molar refractivity (Wildman–Crippen MR) is 105 cm³/mol. The molecule has 1 saturated heterocycles. The van der Waals surface area contributed by atoms with Gasteiger partial charge in [-0.25, -0.2) is 4.79 Å². The Kier molecular flexibility index (Phi) is 5.64. The van der Waals surface area contributed by atoms with E-state index in [4.69, 9.17) is 0 Å². The van der Waals surface area contributed by atoms with E-state index in [2.05, 4.69) is 5.32 Å². The molecule has 2 aromatic carbocycles. The average molecular weight is 420 g/mol. The Hall–Kier alpha value is -2.87. The van der Waals surface area contributed by atoms with Crippen LogP contribution in [-0.2, 0) is 0 Å². The van der Waals surface area contributed by atoms with E-state index in [1.165, 1.54) is 17.4 Å². The zero-order chi connectivity index (χ0) is 22.3. The highest BCUT2D eigenvalue weighted by Gasteiger charge is 2.66. The van der Waals surface area contributed by atoms with Crippen LogP contribution in [0.5, 0.6) is 0 Å². The van der Waals surface area contributed by atoms with Crippen molar-refractivity contribution in [1.82, 2.24) is 10.6 Å². The van der Waals surface area contributed by atoms with Crippen molar-refractivity contribution >= 4 is 11.8 Å². The van der Waals surface area contributed by atoms with Gasteiger partial charge in [0.2, 0.25) is 5.72 Å². The van der Waals surface area contributed by atoms with Crippen molar-refractivity contribution in [2.75, 3.05) is 0 Å². The number of nitrogens with one attached hydrogen (secondary N) is 2. The normalized spacial score (nSPS) is 24.3. The summed E-state index contributed by atoms with van der Waals surface area (Å²) in [5, 5.41) is 14.5. The van der Waals surface area contributed by atoms with Crippen molar-refractivity contribution < 1.29 is 27.9 Å². The molecule has 0 spiro atoms. The highest BCUT2D eigenvalue weighted by Crippen LogP contribution is 2.44. The molecule has 1 aliphatic heterocycles. The molecule has 5 nitrogen and oxygen atoms in total. The maximum Gasteiger partial charge on any atom is 0.437 e. The van der Waals surface area contributed by atoms with Gasteiger partial charge in [-0.1, -0.05) is 67.9 Å². The van der Waals surface area contributed by atoms with Crippen LogP contribution in [0.25, 0.3) is 0 Å². The SMILES string of the molecule is Cc1ccc(C(=O)[C@@H]2[C@H](c3ccc(C(C)C)cc3)NC(=O)N[C@]2(O)C(F)(F)F)cc1. The maximum atomic E-state index is 13.9. The number of aliphatic hydroxyl groups is 1. The van der Waals surface area contributed by atoms with Gasteiger partial charge >= 0.3 is 12.2 Å². The summed E-state index contributed by atoms with van der Waals surface area (Å²) in [6.45, 7) is 5.71. The van der Waals surface area contributed by atoms with Gasteiger partial charge in [0.05, 0.1) is 6.04 Å². The number of rotatable bonds is 4. The Morgan fingerprint density at radius 3 is 2.13 bits per heavy atom. The van der Waals surface area contributed by atoms with Gasteiger partial charge in [0, 0.05) is 5.56 Å². The predicted octanol–water partition coefficient (Wildman–Crippen LogP) is 4.22. The molecule has 30 heavy (non-hydrogen) atoms. The van der Waals surface area contributed by atoms with E-state index in [1.807, 2.05) is 13.8 Å². The smallest absolute Gasteiger partial charge is 0.363 e. The van der Waals surface area contributed by atoms with Gasteiger partial charge in [0.25, 0.3) is 0 Å². The molecule has 3 atom stereocenters. The number of hydrogen-bond acceptors (Lipinski definition) is 3. The van der Waals surface area contributed by atoms with Crippen LogP contribution < -0.4 is 10.6 Å². The molecule has 3 rings (SSSR count). The molecule has 1 fully saturated rings. The van der Waals surface area contributed by atoms with Gasteiger partial charge in [-0.05, 0) is 24.0 Å². The number of amides is 2. The molecule has 160 valence electrons. The van der Waals surface area contributed by atoms with Crippen LogP contribution in [-0.4, -0.2) is 28.8 Å². The first kappa shape index (κ1) is 21.8. The third-order valence-corrected chi connectivity index (χ3v) is 5.39. The molecule has 0 aliphatic carbocycles. The summed E-state index contributed by atoms with van der Waals surface area (Å²) in [5.74, 6) is -2.76. The third kappa shape index (κ3) is 3.92. The van der Waals surface area contributed by atoms with E-state index in [0.29, 0.717) is 5.56 Å². The lowest BCUT2D eigenvalue weighted by Gasteiger charge is -2.45.